The molecule has 2 saturated carbocycles. The Kier molecular flexibility index (Phi) is 3.74. The van der Waals surface area contributed by atoms with Crippen LogP contribution in [0, 0.1) is 47.8 Å². The summed E-state index contributed by atoms with van der Waals surface area (Å²) in [5.74, 6) is 2.43. The second-order valence-electron chi connectivity index (χ2n) is 7.90. The molecule has 1 aromatic carbocycles. The molecule has 1 aromatic rings. The number of nitriles is 1. The lowest BCUT2D eigenvalue weighted by Crippen LogP contribution is -2.55. The van der Waals surface area contributed by atoms with Gasteiger partial charge in [-0.05, 0) is 67.9 Å². The van der Waals surface area contributed by atoms with E-state index in [0.29, 0.717) is 35.1 Å². The molecule has 1 heterocycles. The van der Waals surface area contributed by atoms with E-state index < -0.39 is 16.1 Å². The van der Waals surface area contributed by atoms with Gasteiger partial charge >= 0.3 is 0 Å². The zero-order valence-corrected chi connectivity index (χ0v) is 15.0. The van der Waals surface area contributed by atoms with Gasteiger partial charge in [-0.15, -0.1) is 0 Å². The van der Waals surface area contributed by atoms with Crippen molar-refractivity contribution in [2.45, 2.75) is 44.0 Å². The molecule has 1 saturated heterocycles. The monoisotopic (exact) mass is 344 g/mol. The first kappa shape index (κ1) is 16.1. The number of rotatable bonds is 2. The lowest BCUT2D eigenvalue weighted by molar-refractivity contribution is 0.0509. The largest absolute Gasteiger partial charge is 0.244 e. The third-order valence-corrected chi connectivity index (χ3v) is 8.59. The minimum atomic E-state index is -3.62. The summed E-state index contributed by atoms with van der Waals surface area (Å²) in [6, 6.07) is 8.73. The van der Waals surface area contributed by atoms with Gasteiger partial charge in [0.2, 0.25) is 10.0 Å². The maximum atomic E-state index is 13.2. The number of piperidine rings is 1. The second-order valence-corrected chi connectivity index (χ2v) is 9.79. The number of fused-ring (bicyclic) bond motifs is 5. The van der Waals surface area contributed by atoms with Crippen LogP contribution in [0.4, 0.5) is 0 Å². The summed E-state index contributed by atoms with van der Waals surface area (Å²) in [5, 5.41) is 9.72. The summed E-state index contributed by atoms with van der Waals surface area (Å²) in [7, 11) is -3.62. The van der Waals surface area contributed by atoms with Crippen LogP contribution in [0.1, 0.15) is 31.7 Å². The number of sulfonamides is 1. The Morgan fingerprint density at radius 3 is 2.50 bits per heavy atom. The van der Waals surface area contributed by atoms with Gasteiger partial charge in [-0.3, -0.25) is 0 Å². The average molecular weight is 344 g/mol. The highest BCUT2D eigenvalue weighted by atomic mass is 32.2. The van der Waals surface area contributed by atoms with Gasteiger partial charge in [-0.2, -0.15) is 9.57 Å². The van der Waals surface area contributed by atoms with Crippen LogP contribution in [0.5, 0.6) is 0 Å². The molecule has 1 aliphatic heterocycles. The fourth-order valence-corrected chi connectivity index (χ4v) is 7.27. The Morgan fingerprint density at radius 2 is 1.83 bits per heavy atom. The molecule has 6 atom stereocenters. The van der Waals surface area contributed by atoms with Crippen molar-refractivity contribution in [2.75, 3.05) is 6.54 Å². The van der Waals surface area contributed by atoms with E-state index in [2.05, 4.69) is 13.0 Å². The molecule has 5 heteroatoms. The van der Waals surface area contributed by atoms with Crippen LogP contribution in [0.3, 0.4) is 0 Å². The van der Waals surface area contributed by atoms with Gasteiger partial charge in [0.1, 0.15) is 6.04 Å². The van der Waals surface area contributed by atoms with Gasteiger partial charge < -0.3 is 0 Å². The molecule has 0 N–H and O–H groups in total. The Bertz CT molecular complexity index is 781. The van der Waals surface area contributed by atoms with E-state index >= 15 is 0 Å². The van der Waals surface area contributed by atoms with Gasteiger partial charge in [-0.1, -0.05) is 24.6 Å². The standard InChI is InChI=1S/C19H24N2O2S/c1-12-3-7-16(8-4-12)24(22,23)21-11-17-14-5-6-15(9-14)19(17)13(2)18(21)10-20/h3-4,7-8,13-15,17-19H,5-6,9,11H2,1-2H3/t13-,14-,15+,17+,18+,19-/m0/s1. The highest BCUT2D eigenvalue weighted by molar-refractivity contribution is 7.89. The van der Waals surface area contributed by atoms with Crippen LogP contribution in [-0.4, -0.2) is 25.3 Å². The van der Waals surface area contributed by atoms with Crippen LogP contribution in [-0.2, 0) is 10.0 Å². The molecule has 0 amide bonds. The quantitative estimate of drug-likeness (QED) is 0.828. The zero-order chi connectivity index (χ0) is 17.1. The van der Waals surface area contributed by atoms with Gasteiger partial charge in [0.25, 0.3) is 0 Å². The summed E-state index contributed by atoms with van der Waals surface area (Å²) in [5.41, 5.74) is 1.03. The van der Waals surface area contributed by atoms with Gasteiger partial charge in [0.05, 0.1) is 11.0 Å². The first-order chi connectivity index (χ1) is 11.4. The molecular weight excluding hydrogens is 320 g/mol. The van der Waals surface area contributed by atoms with Crippen LogP contribution in [0.15, 0.2) is 29.2 Å². The molecule has 24 heavy (non-hydrogen) atoms. The Labute approximate surface area is 144 Å². The minimum Gasteiger partial charge on any atom is -0.207 e. The summed E-state index contributed by atoms with van der Waals surface area (Å²) in [6.07, 6.45) is 3.73. The maximum Gasteiger partial charge on any atom is 0.244 e. The fraction of sp³-hybridized carbons (Fsp3) is 0.632. The SMILES string of the molecule is Cc1ccc(S(=O)(=O)N2C[C@@H]3[C@H]4CC[C@H](C4)[C@@H]3[C@@H](C)[C@H]2C#N)cc1. The maximum absolute atomic E-state index is 13.2. The molecule has 0 unspecified atom stereocenters. The summed E-state index contributed by atoms with van der Waals surface area (Å²) >= 11 is 0. The highest BCUT2D eigenvalue weighted by Crippen LogP contribution is 2.58. The van der Waals surface area contributed by atoms with Gasteiger partial charge in [0, 0.05) is 6.54 Å². The molecule has 128 valence electrons. The zero-order valence-electron chi connectivity index (χ0n) is 14.2. The van der Waals surface area contributed by atoms with E-state index in [1.54, 1.807) is 12.1 Å². The Balaban J connectivity index is 1.71. The van der Waals surface area contributed by atoms with Crippen molar-refractivity contribution in [1.82, 2.24) is 4.31 Å². The topological polar surface area (TPSA) is 61.2 Å². The highest BCUT2D eigenvalue weighted by Gasteiger charge is 2.56. The molecule has 2 aliphatic carbocycles. The molecular formula is C19H24N2O2S. The number of nitrogens with zero attached hydrogens (tertiary/aromatic N) is 2. The first-order valence-corrected chi connectivity index (χ1v) is 10.4. The predicted molar refractivity (Wildman–Crippen MR) is 91.4 cm³/mol. The predicted octanol–water partition coefficient (Wildman–Crippen LogP) is 3.19. The van der Waals surface area contributed by atoms with Crippen molar-refractivity contribution in [3.63, 3.8) is 0 Å². The average Bonchev–Trinajstić information content (AvgIpc) is 3.17. The molecule has 4 nitrogen and oxygen atoms in total. The third-order valence-electron chi connectivity index (χ3n) is 6.72. The lowest BCUT2D eigenvalue weighted by atomic mass is 9.68. The smallest absolute Gasteiger partial charge is 0.207 e. The molecule has 2 bridgehead atoms. The molecule has 0 aromatic heterocycles. The van der Waals surface area contributed by atoms with E-state index in [-0.39, 0.29) is 5.92 Å². The molecule has 4 rings (SSSR count). The summed E-state index contributed by atoms with van der Waals surface area (Å²) < 4.78 is 27.9. The molecule has 0 spiro atoms. The van der Waals surface area contributed by atoms with Gasteiger partial charge in [-0.25, -0.2) is 8.42 Å². The summed E-state index contributed by atoms with van der Waals surface area (Å²) in [6.45, 7) is 4.55. The van der Waals surface area contributed by atoms with Crippen LogP contribution < -0.4 is 0 Å². The van der Waals surface area contributed by atoms with E-state index in [1.165, 1.54) is 23.6 Å². The van der Waals surface area contributed by atoms with E-state index in [9.17, 15) is 13.7 Å². The summed E-state index contributed by atoms with van der Waals surface area (Å²) in [4.78, 5) is 0.308. The molecule has 0 radical (unpaired) electrons. The number of hydrogen-bond acceptors (Lipinski definition) is 3. The van der Waals surface area contributed by atoms with E-state index in [4.69, 9.17) is 0 Å². The fourth-order valence-electron chi connectivity index (χ4n) is 5.61. The Hall–Kier alpha value is -1.38. The van der Waals surface area contributed by atoms with Crippen molar-refractivity contribution in [1.29, 1.82) is 5.26 Å². The van der Waals surface area contributed by atoms with Crippen molar-refractivity contribution in [2.24, 2.45) is 29.6 Å². The van der Waals surface area contributed by atoms with E-state index in [1.807, 2.05) is 19.1 Å². The number of hydrogen-bond donors (Lipinski definition) is 0. The Morgan fingerprint density at radius 1 is 1.17 bits per heavy atom. The van der Waals surface area contributed by atoms with Crippen LogP contribution in [0.2, 0.25) is 0 Å². The number of benzene rings is 1. The van der Waals surface area contributed by atoms with Crippen LogP contribution >= 0.6 is 0 Å². The molecule has 3 aliphatic rings. The second kappa shape index (κ2) is 5.57. The minimum absolute atomic E-state index is 0.115. The lowest BCUT2D eigenvalue weighted by Gasteiger charge is -2.46. The van der Waals surface area contributed by atoms with Gasteiger partial charge in [0.15, 0.2) is 0 Å². The first-order valence-electron chi connectivity index (χ1n) is 8.91. The van der Waals surface area contributed by atoms with Crippen molar-refractivity contribution in [3.8, 4) is 6.07 Å². The third kappa shape index (κ3) is 2.23. The van der Waals surface area contributed by atoms with E-state index in [0.717, 1.165) is 5.56 Å². The van der Waals surface area contributed by atoms with Crippen molar-refractivity contribution in [3.05, 3.63) is 29.8 Å². The van der Waals surface area contributed by atoms with Crippen LogP contribution in [0.25, 0.3) is 0 Å². The normalized spacial score (nSPS) is 38.7. The number of aryl methyl sites for hydroxylation is 1. The van der Waals surface area contributed by atoms with Crippen molar-refractivity contribution < 1.29 is 8.42 Å². The van der Waals surface area contributed by atoms with Crippen molar-refractivity contribution >= 4 is 10.0 Å². The molecule has 3 fully saturated rings.